The molecule has 0 aromatic rings. The molecule has 0 saturated carbocycles. The Kier molecular flexibility index (Phi) is 3.67. The first kappa shape index (κ1) is 13.4. The Balaban J connectivity index is 5.65. The van der Waals surface area contributed by atoms with Crippen LogP contribution in [0, 0.1) is 5.92 Å². The maximum atomic E-state index is 11.6. The van der Waals surface area contributed by atoms with Crippen LogP contribution in [-0.4, -0.2) is 19.8 Å². The average Bonchev–Trinajstić information content (AvgIpc) is 1.79. The summed E-state index contributed by atoms with van der Waals surface area (Å²) in [6.45, 7) is 10.6. The van der Waals surface area contributed by atoms with Gasteiger partial charge >= 0.3 is 0 Å². The second-order valence-corrected chi connectivity index (χ2v) is 10.3. The summed E-state index contributed by atoms with van der Waals surface area (Å²) in [4.78, 5) is 22.9. The van der Waals surface area contributed by atoms with Crippen LogP contribution < -0.4 is 5.11 Å². The number of ketones is 1. The summed E-state index contributed by atoms with van der Waals surface area (Å²) in [5.41, 5.74) is 0. The minimum atomic E-state index is -2.14. The lowest BCUT2D eigenvalue weighted by Crippen LogP contribution is -2.57. The molecule has 0 aliphatic rings. The molecule has 0 fully saturated rings. The van der Waals surface area contributed by atoms with Crippen molar-refractivity contribution in [2.75, 3.05) is 0 Å². The smallest absolute Gasteiger partial charge is 0.138 e. The molecule has 3 nitrogen and oxygen atoms in total. The Morgan fingerprint density at radius 2 is 1.57 bits per heavy atom. The van der Waals surface area contributed by atoms with E-state index in [2.05, 4.69) is 0 Å². The van der Waals surface area contributed by atoms with Crippen molar-refractivity contribution >= 4 is 19.8 Å². The van der Waals surface area contributed by atoms with Gasteiger partial charge in [0.1, 0.15) is 5.78 Å². The predicted molar refractivity (Wildman–Crippen MR) is 56.6 cm³/mol. The third-order valence-corrected chi connectivity index (χ3v) is 6.43. The van der Waals surface area contributed by atoms with Crippen LogP contribution in [0.3, 0.4) is 0 Å². The summed E-state index contributed by atoms with van der Waals surface area (Å²) in [6.07, 6.45) is 0. The zero-order valence-corrected chi connectivity index (χ0v) is 10.8. The molecule has 4 heteroatoms. The molecular weight excluding hydrogens is 196 g/mol. The van der Waals surface area contributed by atoms with E-state index >= 15 is 0 Å². The number of Topliss-reactive ketones (excluding diaryl/α,β-unsaturated/α-hetero) is 1. The fraction of sp³-hybridized carbons (Fsp3) is 0.800. The van der Waals surface area contributed by atoms with Crippen LogP contribution in [0.5, 0.6) is 0 Å². The summed E-state index contributed by atoms with van der Waals surface area (Å²) < 4.78 is 0. The Hall–Kier alpha value is -0.643. The fourth-order valence-corrected chi connectivity index (χ4v) is 5.89. The Morgan fingerprint density at radius 1 is 1.21 bits per heavy atom. The van der Waals surface area contributed by atoms with E-state index in [0.717, 1.165) is 0 Å². The Labute approximate surface area is 86.5 Å². The van der Waals surface area contributed by atoms with Gasteiger partial charge in [-0.1, -0.05) is 33.5 Å². The lowest BCUT2D eigenvalue weighted by atomic mass is 9.91. The van der Waals surface area contributed by atoms with Crippen LogP contribution in [0.2, 0.25) is 24.7 Å². The zero-order valence-electron chi connectivity index (χ0n) is 9.80. The molecule has 0 aliphatic heterocycles. The molecule has 0 aliphatic carbocycles. The lowest BCUT2D eigenvalue weighted by Gasteiger charge is -2.45. The number of carbonyl (C=O) groups is 2. The summed E-state index contributed by atoms with van der Waals surface area (Å²) in [7, 11) is -2.14. The van der Waals surface area contributed by atoms with Gasteiger partial charge in [-0.05, 0) is 12.8 Å². The van der Waals surface area contributed by atoms with Gasteiger partial charge in [0.2, 0.25) is 0 Å². The van der Waals surface area contributed by atoms with Gasteiger partial charge in [0, 0.05) is 0 Å². The number of carboxylic acids is 1. The van der Waals surface area contributed by atoms with E-state index in [-0.39, 0.29) is 11.7 Å². The zero-order chi connectivity index (χ0) is 11.7. The first-order valence-electron chi connectivity index (χ1n) is 4.81. The van der Waals surface area contributed by atoms with Crippen molar-refractivity contribution in [2.45, 2.75) is 45.5 Å². The van der Waals surface area contributed by atoms with E-state index in [4.69, 9.17) is 0 Å². The molecule has 0 aromatic heterocycles. The minimum absolute atomic E-state index is 0.211. The molecule has 0 rings (SSSR count). The molecule has 0 spiro atoms. The number of hydrogen-bond donors (Lipinski definition) is 0. The first-order valence-corrected chi connectivity index (χ1v) is 8.31. The van der Waals surface area contributed by atoms with Crippen molar-refractivity contribution in [3.05, 3.63) is 0 Å². The monoisotopic (exact) mass is 215 g/mol. The van der Waals surface area contributed by atoms with Crippen LogP contribution in [-0.2, 0) is 9.59 Å². The van der Waals surface area contributed by atoms with Gasteiger partial charge in [-0.2, -0.15) is 0 Å². The van der Waals surface area contributed by atoms with Crippen molar-refractivity contribution in [3.63, 3.8) is 0 Å². The quantitative estimate of drug-likeness (QED) is 0.520. The largest absolute Gasteiger partial charge is 0.549 e. The minimum Gasteiger partial charge on any atom is -0.549 e. The number of rotatable bonds is 4. The van der Waals surface area contributed by atoms with E-state index in [1.54, 1.807) is 13.8 Å². The number of carbonyl (C=O) groups excluding carboxylic acids is 2. The molecule has 0 N–H and O–H groups in total. The molecule has 82 valence electrons. The highest BCUT2D eigenvalue weighted by Gasteiger charge is 2.51. The van der Waals surface area contributed by atoms with Gasteiger partial charge < -0.3 is 9.90 Å². The molecule has 0 aromatic carbocycles. The van der Waals surface area contributed by atoms with Crippen molar-refractivity contribution in [2.24, 2.45) is 5.92 Å². The number of aliphatic carboxylic acids is 1. The number of carboxylic acid groups (broad SMARTS) is 1. The molecule has 1 unspecified atom stereocenters. The molecule has 1 atom stereocenters. The van der Waals surface area contributed by atoms with Gasteiger partial charge in [-0.15, -0.1) is 0 Å². The topological polar surface area (TPSA) is 57.2 Å². The van der Waals surface area contributed by atoms with Gasteiger partial charge in [0.15, 0.2) is 0 Å². The summed E-state index contributed by atoms with van der Waals surface area (Å²) >= 11 is 0. The molecular formula is C10H19O3Si-. The standard InChI is InChI=1S/C10H20O3Si/c1-7(2)10(8(3)11,9(12)13)14(4,5)6/h7H,1-6H3,(H,12,13)/p-1. The normalized spacial score (nSPS) is 16.5. The second kappa shape index (κ2) is 3.85. The third-order valence-electron chi connectivity index (χ3n) is 2.93. The van der Waals surface area contributed by atoms with Crippen molar-refractivity contribution < 1.29 is 14.7 Å². The highest BCUT2D eigenvalue weighted by Crippen LogP contribution is 2.45. The van der Waals surface area contributed by atoms with Gasteiger partial charge in [-0.25, -0.2) is 0 Å². The fourth-order valence-electron chi connectivity index (χ4n) is 2.49. The van der Waals surface area contributed by atoms with E-state index in [9.17, 15) is 14.7 Å². The van der Waals surface area contributed by atoms with Crippen molar-refractivity contribution in [1.29, 1.82) is 0 Å². The van der Waals surface area contributed by atoms with Gasteiger partial charge in [-0.3, -0.25) is 4.79 Å². The molecule has 0 radical (unpaired) electrons. The van der Waals surface area contributed by atoms with Crippen LogP contribution in [0.1, 0.15) is 20.8 Å². The van der Waals surface area contributed by atoms with Crippen LogP contribution in [0.15, 0.2) is 0 Å². The highest BCUT2D eigenvalue weighted by atomic mass is 28.3. The Bertz CT molecular complexity index is 237. The van der Waals surface area contributed by atoms with E-state index in [1.165, 1.54) is 6.92 Å². The summed E-state index contributed by atoms with van der Waals surface area (Å²) in [6, 6.07) is 0. The van der Waals surface area contributed by atoms with E-state index < -0.39 is 19.1 Å². The van der Waals surface area contributed by atoms with Gasteiger partial charge in [0.05, 0.1) is 19.1 Å². The molecule has 0 bridgehead atoms. The Morgan fingerprint density at radius 3 is 1.57 bits per heavy atom. The maximum Gasteiger partial charge on any atom is 0.138 e. The second-order valence-electron chi connectivity index (χ2n) is 5.06. The summed E-state index contributed by atoms with van der Waals surface area (Å²) in [5.74, 6) is -1.69. The number of hydrogen-bond acceptors (Lipinski definition) is 3. The lowest BCUT2D eigenvalue weighted by molar-refractivity contribution is -0.310. The highest BCUT2D eigenvalue weighted by molar-refractivity contribution is 6.86. The third kappa shape index (κ3) is 1.75. The van der Waals surface area contributed by atoms with Crippen molar-refractivity contribution in [3.8, 4) is 0 Å². The molecule has 14 heavy (non-hydrogen) atoms. The van der Waals surface area contributed by atoms with Crippen LogP contribution in [0.25, 0.3) is 0 Å². The predicted octanol–water partition coefficient (Wildman–Crippen LogP) is 1.06. The van der Waals surface area contributed by atoms with Crippen LogP contribution >= 0.6 is 0 Å². The maximum absolute atomic E-state index is 11.6. The molecule has 0 amide bonds. The first-order chi connectivity index (χ1) is 6.08. The average molecular weight is 215 g/mol. The summed E-state index contributed by atoms with van der Waals surface area (Å²) in [5, 5.41) is 10.00. The SMILES string of the molecule is CC(=O)C(C(=O)[O-])(C(C)C)[Si](C)(C)C. The molecule has 0 saturated heterocycles. The van der Waals surface area contributed by atoms with Crippen molar-refractivity contribution in [1.82, 2.24) is 0 Å². The van der Waals surface area contributed by atoms with E-state index in [0.29, 0.717) is 0 Å². The van der Waals surface area contributed by atoms with Gasteiger partial charge in [0.25, 0.3) is 0 Å². The van der Waals surface area contributed by atoms with Crippen LogP contribution in [0.4, 0.5) is 0 Å². The molecule has 0 heterocycles. The van der Waals surface area contributed by atoms with E-state index in [1.807, 2.05) is 19.6 Å².